The summed E-state index contributed by atoms with van der Waals surface area (Å²) in [7, 11) is 1.75. The number of hydrogen-bond donors (Lipinski definition) is 2. The van der Waals surface area contributed by atoms with Crippen molar-refractivity contribution in [3.05, 3.63) is 71.7 Å². The van der Waals surface area contributed by atoms with Crippen molar-refractivity contribution in [2.24, 2.45) is 7.05 Å². The van der Waals surface area contributed by atoms with Gasteiger partial charge in [0.05, 0.1) is 11.3 Å². The minimum Gasteiger partial charge on any atom is -0.478 e. The van der Waals surface area contributed by atoms with Crippen molar-refractivity contribution < 1.29 is 14.7 Å². The smallest absolute Gasteiger partial charge is 0.335 e. The summed E-state index contributed by atoms with van der Waals surface area (Å²) >= 11 is 0. The summed E-state index contributed by atoms with van der Waals surface area (Å²) in [6, 6.07) is 11.1. The van der Waals surface area contributed by atoms with E-state index in [1.165, 1.54) is 30.3 Å². The second-order valence-electron chi connectivity index (χ2n) is 5.85. The van der Waals surface area contributed by atoms with Gasteiger partial charge in [0, 0.05) is 42.5 Å². The fourth-order valence-electron chi connectivity index (χ4n) is 2.55. The maximum absolute atomic E-state index is 12.5. The van der Waals surface area contributed by atoms with Gasteiger partial charge in [-0.25, -0.2) is 4.79 Å². The molecule has 3 aromatic rings. The third-order valence-corrected chi connectivity index (χ3v) is 3.87. The molecule has 0 saturated carbocycles. The monoisotopic (exact) mass is 373 g/mol. The number of hydrogen-bond acceptors (Lipinski definition) is 5. The van der Waals surface area contributed by atoms with Crippen LogP contribution >= 0.6 is 0 Å². The van der Waals surface area contributed by atoms with E-state index in [4.69, 9.17) is 5.11 Å². The minimum absolute atomic E-state index is 0.103. The van der Waals surface area contributed by atoms with Crippen LogP contribution in [0.2, 0.25) is 0 Å². The predicted octanol–water partition coefficient (Wildman–Crippen LogP) is 2.73. The van der Waals surface area contributed by atoms with Gasteiger partial charge < -0.3 is 10.4 Å². The number of aromatic nitrogens is 3. The van der Waals surface area contributed by atoms with Gasteiger partial charge in [-0.1, -0.05) is 0 Å². The van der Waals surface area contributed by atoms with Gasteiger partial charge in [0.1, 0.15) is 11.6 Å². The van der Waals surface area contributed by atoms with E-state index in [1.807, 2.05) is 6.07 Å². The highest BCUT2D eigenvalue weighted by Gasteiger charge is 2.14. The van der Waals surface area contributed by atoms with Crippen LogP contribution in [0.5, 0.6) is 0 Å². The maximum atomic E-state index is 12.5. The summed E-state index contributed by atoms with van der Waals surface area (Å²) in [5.74, 6) is -1.66. The normalized spacial score (nSPS) is 10.9. The lowest BCUT2D eigenvalue weighted by Gasteiger charge is -2.05. The van der Waals surface area contributed by atoms with Crippen molar-refractivity contribution in [1.82, 2.24) is 14.8 Å². The number of carboxylic acid groups (broad SMARTS) is 1. The quantitative estimate of drug-likeness (QED) is 0.524. The number of aromatic carboxylic acids is 1. The molecule has 1 amide bonds. The number of anilines is 1. The van der Waals surface area contributed by atoms with E-state index in [2.05, 4.69) is 15.4 Å². The average molecular weight is 373 g/mol. The standard InChI is InChI=1S/C20H15N5O3/c1-25-12-16(18(24-25)13-6-8-22-9-7-13)10-15(11-21)19(26)23-17-4-2-14(3-5-17)20(27)28/h2-10,12H,1H3,(H,23,26)(H,27,28). The summed E-state index contributed by atoms with van der Waals surface area (Å²) in [6.07, 6.45) is 6.44. The van der Waals surface area contributed by atoms with Crippen LogP contribution in [0.3, 0.4) is 0 Å². The Morgan fingerprint density at radius 2 is 1.86 bits per heavy atom. The topological polar surface area (TPSA) is 121 Å². The zero-order valence-electron chi connectivity index (χ0n) is 14.8. The van der Waals surface area contributed by atoms with E-state index in [1.54, 1.807) is 42.5 Å². The first-order valence-electron chi connectivity index (χ1n) is 8.18. The second kappa shape index (κ2) is 7.97. The van der Waals surface area contributed by atoms with Gasteiger partial charge in [0.25, 0.3) is 5.91 Å². The van der Waals surface area contributed by atoms with Crippen LogP contribution in [0.4, 0.5) is 5.69 Å². The van der Waals surface area contributed by atoms with Crippen molar-refractivity contribution >= 4 is 23.6 Å². The van der Waals surface area contributed by atoms with Crippen molar-refractivity contribution in [3.63, 3.8) is 0 Å². The molecule has 3 rings (SSSR count). The molecule has 2 aromatic heterocycles. The molecule has 0 aliphatic carbocycles. The van der Waals surface area contributed by atoms with E-state index in [-0.39, 0.29) is 11.1 Å². The van der Waals surface area contributed by atoms with Crippen LogP contribution in [0.15, 0.2) is 60.6 Å². The maximum Gasteiger partial charge on any atom is 0.335 e. The van der Waals surface area contributed by atoms with E-state index in [0.717, 1.165) is 5.56 Å². The van der Waals surface area contributed by atoms with Gasteiger partial charge in [0.15, 0.2) is 0 Å². The Morgan fingerprint density at radius 3 is 2.46 bits per heavy atom. The van der Waals surface area contributed by atoms with Crippen molar-refractivity contribution in [1.29, 1.82) is 5.26 Å². The third-order valence-electron chi connectivity index (χ3n) is 3.87. The Bertz CT molecular complexity index is 1090. The van der Waals surface area contributed by atoms with E-state index >= 15 is 0 Å². The Morgan fingerprint density at radius 1 is 1.18 bits per heavy atom. The van der Waals surface area contributed by atoms with E-state index in [9.17, 15) is 14.9 Å². The van der Waals surface area contributed by atoms with Gasteiger partial charge in [-0.3, -0.25) is 14.5 Å². The second-order valence-corrected chi connectivity index (χ2v) is 5.85. The zero-order chi connectivity index (χ0) is 20.1. The molecule has 0 aliphatic heterocycles. The van der Waals surface area contributed by atoms with Crippen LogP contribution in [0.1, 0.15) is 15.9 Å². The number of aryl methyl sites for hydroxylation is 1. The number of nitriles is 1. The summed E-state index contributed by atoms with van der Waals surface area (Å²) in [4.78, 5) is 27.3. The van der Waals surface area contributed by atoms with Crippen molar-refractivity contribution in [2.45, 2.75) is 0 Å². The lowest BCUT2D eigenvalue weighted by molar-refractivity contribution is -0.112. The average Bonchev–Trinajstić information content (AvgIpc) is 3.07. The Hall–Kier alpha value is -4.25. The summed E-state index contributed by atoms with van der Waals surface area (Å²) < 4.78 is 1.60. The number of carbonyl (C=O) groups is 2. The summed E-state index contributed by atoms with van der Waals surface area (Å²) in [6.45, 7) is 0. The first kappa shape index (κ1) is 18.5. The molecule has 2 heterocycles. The lowest BCUT2D eigenvalue weighted by Crippen LogP contribution is -2.13. The largest absolute Gasteiger partial charge is 0.478 e. The van der Waals surface area contributed by atoms with E-state index in [0.29, 0.717) is 16.9 Å². The predicted molar refractivity (Wildman–Crippen MR) is 102 cm³/mol. The number of nitrogens with zero attached hydrogens (tertiary/aromatic N) is 4. The van der Waals surface area contributed by atoms with Gasteiger partial charge in [0.2, 0.25) is 0 Å². The molecule has 0 unspecified atom stereocenters. The first-order chi connectivity index (χ1) is 13.5. The molecule has 0 atom stereocenters. The first-order valence-corrected chi connectivity index (χ1v) is 8.18. The summed E-state index contributed by atoms with van der Waals surface area (Å²) in [5.41, 5.74) is 2.43. The van der Waals surface area contributed by atoms with Crippen LogP contribution in [0, 0.1) is 11.3 Å². The van der Waals surface area contributed by atoms with Crippen molar-refractivity contribution in [3.8, 4) is 17.3 Å². The van der Waals surface area contributed by atoms with Crippen LogP contribution < -0.4 is 5.32 Å². The van der Waals surface area contributed by atoms with Gasteiger partial charge >= 0.3 is 5.97 Å². The molecule has 0 bridgehead atoms. The molecule has 0 aliphatic rings. The number of carboxylic acids is 1. The molecular formula is C20H15N5O3. The molecule has 0 fully saturated rings. The number of nitrogens with one attached hydrogen (secondary N) is 1. The molecule has 28 heavy (non-hydrogen) atoms. The van der Waals surface area contributed by atoms with E-state index < -0.39 is 11.9 Å². The fraction of sp³-hybridized carbons (Fsp3) is 0.0500. The minimum atomic E-state index is -1.06. The molecule has 138 valence electrons. The fourth-order valence-corrected chi connectivity index (χ4v) is 2.55. The molecular weight excluding hydrogens is 358 g/mol. The Balaban J connectivity index is 1.87. The third kappa shape index (κ3) is 4.11. The van der Waals surface area contributed by atoms with Crippen LogP contribution in [0.25, 0.3) is 17.3 Å². The van der Waals surface area contributed by atoms with Gasteiger partial charge in [-0.15, -0.1) is 0 Å². The number of rotatable bonds is 5. The zero-order valence-corrected chi connectivity index (χ0v) is 14.8. The molecule has 0 radical (unpaired) electrons. The van der Waals surface area contributed by atoms with Gasteiger partial charge in [-0.2, -0.15) is 10.4 Å². The molecule has 8 nitrogen and oxygen atoms in total. The number of pyridine rings is 1. The number of amides is 1. The van der Waals surface area contributed by atoms with Crippen molar-refractivity contribution in [2.75, 3.05) is 5.32 Å². The molecule has 0 spiro atoms. The molecule has 1 aromatic carbocycles. The molecule has 2 N–H and O–H groups in total. The highest BCUT2D eigenvalue weighted by molar-refractivity contribution is 6.10. The van der Waals surface area contributed by atoms with Crippen LogP contribution in [-0.4, -0.2) is 31.7 Å². The number of benzene rings is 1. The highest BCUT2D eigenvalue weighted by atomic mass is 16.4. The molecule has 8 heteroatoms. The van der Waals surface area contributed by atoms with Crippen LogP contribution in [-0.2, 0) is 11.8 Å². The summed E-state index contributed by atoms with van der Waals surface area (Å²) in [5, 5.41) is 25.3. The number of carbonyl (C=O) groups excluding carboxylic acids is 1. The SMILES string of the molecule is Cn1cc(C=C(C#N)C(=O)Nc2ccc(C(=O)O)cc2)c(-c2ccncc2)n1. The Kier molecular flexibility index (Phi) is 5.28. The lowest BCUT2D eigenvalue weighted by atomic mass is 10.1. The Labute approximate surface area is 160 Å². The van der Waals surface area contributed by atoms with Gasteiger partial charge in [-0.05, 0) is 42.5 Å². The molecule has 0 saturated heterocycles. The highest BCUT2D eigenvalue weighted by Crippen LogP contribution is 2.23.